The molecule has 29 heavy (non-hydrogen) atoms. The molecule has 0 aromatic carbocycles. The van der Waals surface area contributed by atoms with Crippen molar-refractivity contribution in [3.05, 3.63) is 12.2 Å². The Kier molecular flexibility index (Phi) is 10.9. The van der Waals surface area contributed by atoms with Crippen LogP contribution in [0, 0.1) is 11.8 Å². The van der Waals surface area contributed by atoms with Crippen molar-refractivity contribution in [3.63, 3.8) is 0 Å². The van der Waals surface area contributed by atoms with Gasteiger partial charge in [0, 0.05) is 25.2 Å². The lowest BCUT2D eigenvalue weighted by Crippen LogP contribution is -2.36. The third kappa shape index (κ3) is 7.86. The van der Waals surface area contributed by atoms with Crippen LogP contribution < -0.4 is 0 Å². The Morgan fingerprint density at radius 3 is 2.45 bits per heavy atom. The van der Waals surface area contributed by atoms with E-state index in [1.165, 1.54) is 0 Å². The lowest BCUT2D eigenvalue weighted by molar-refractivity contribution is -0.186. The molecule has 2 atom stereocenters. The minimum atomic E-state index is -0.439. The summed E-state index contributed by atoms with van der Waals surface area (Å²) in [5, 5.41) is 0. The number of rotatable bonds is 14. The first-order valence-electron chi connectivity index (χ1n) is 11.8. The van der Waals surface area contributed by atoms with Gasteiger partial charge < -0.3 is 14.2 Å². The average molecular weight is 409 g/mol. The van der Waals surface area contributed by atoms with Gasteiger partial charge in [0.05, 0.1) is 19.8 Å². The molecular weight excluding hydrogens is 368 g/mol. The zero-order valence-corrected chi connectivity index (χ0v) is 18.5. The van der Waals surface area contributed by atoms with Crippen molar-refractivity contribution in [2.24, 2.45) is 11.8 Å². The van der Waals surface area contributed by atoms with Gasteiger partial charge in [-0.05, 0) is 44.6 Å². The van der Waals surface area contributed by atoms with Gasteiger partial charge in [-0.25, -0.2) is 0 Å². The molecule has 0 aromatic heterocycles. The number of carbonyl (C=O) groups is 2. The molecule has 1 aliphatic heterocycles. The lowest BCUT2D eigenvalue weighted by Gasteiger charge is -2.31. The van der Waals surface area contributed by atoms with Crippen LogP contribution in [0.1, 0.15) is 90.9 Å². The van der Waals surface area contributed by atoms with Gasteiger partial charge in [-0.1, -0.05) is 45.1 Å². The standard InChI is InChI=1S/C24H40O5/c1-3-5-8-11-21(25)15-14-20-16-17-24(28-18-19-29-24)22(20)12-9-6-7-10-13-23(26)27-4-2/h14-15,20,22H,3-13,16-19H2,1-2H3/t20-,22+/m0/s1. The fraction of sp³-hybridized carbons (Fsp3) is 0.833. The molecule has 0 unspecified atom stereocenters. The Labute approximate surface area is 176 Å². The minimum Gasteiger partial charge on any atom is -0.466 e. The second kappa shape index (κ2) is 13.2. The van der Waals surface area contributed by atoms with Gasteiger partial charge in [0.1, 0.15) is 0 Å². The minimum absolute atomic E-state index is 0.0937. The van der Waals surface area contributed by atoms with Crippen LogP contribution in [-0.2, 0) is 23.8 Å². The van der Waals surface area contributed by atoms with Crippen LogP contribution in [0.5, 0.6) is 0 Å². The van der Waals surface area contributed by atoms with Crippen LogP contribution in [0.4, 0.5) is 0 Å². The highest BCUT2D eigenvalue weighted by atomic mass is 16.7. The smallest absolute Gasteiger partial charge is 0.305 e. The number of ether oxygens (including phenoxy) is 3. The van der Waals surface area contributed by atoms with E-state index in [0.29, 0.717) is 44.5 Å². The third-order valence-electron chi connectivity index (χ3n) is 6.19. The van der Waals surface area contributed by atoms with Crippen molar-refractivity contribution in [1.29, 1.82) is 0 Å². The van der Waals surface area contributed by atoms with Crippen LogP contribution in [0.25, 0.3) is 0 Å². The summed E-state index contributed by atoms with van der Waals surface area (Å²) in [6.07, 6.45) is 15.4. The number of ketones is 1. The molecule has 0 aromatic rings. The van der Waals surface area contributed by atoms with E-state index in [0.717, 1.165) is 64.2 Å². The zero-order valence-electron chi connectivity index (χ0n) is 18.5. The fourth-order valence-electron chi connectivity index (χ4n) is 4.66. The Morgan fingerprint density at radius 1 is 1.00 bits per heavy atom. The summed E-state index contributed by atoms with van der Waals surface area (Å²) in [6.45, 7) is 5.79. The Balaban J connectivity index is 1.78. The third-order valence-corrected chi connectivity index (χ3v) is 6.19. The van der Waals surface area contributed by atoms with Crippen LogP contribution in [0.2, 0.25) is 0 Å². The van der Waals surface area contributed by atoms with Gasteiger partial charge in [0.25, 0.3) is 0 Å². The molecule has 0 amide bonds. The van der Waals surface area contributed by atoms with Crippen LogP contribution in [0.15, 0.2) is 12.2 Å². The monoisotopic (exact) mass is 408 g/mol. The van der Waals surface area contributed by atoms with Crippen LogP contribution in [-0.4, -0.2) is 37.4 Å². The van der Waals surface area contributed by atoms with Gasteiger partial charge in [-0.2, -0.15) is 0 Å². The largest absolute Gasteiger partial charge is 0.466 e. The number of hydrogen-bond donors (Lipinski definition) is 0. The van der Waals surface area contributed by atoms with E-state index in [2.05, 4.69) is 13.0 Å². The molecular formula is C24H40O5. The van der Waals surface area contributed by atoms with Gasteiger partial charge >= 0.3 is 5.97 Å². The Morgan fingerprint density at radius 2 is 1.72 bits per heavy atom. The first kappa shape index (κ1) is 24.1. The average Bonchev–Trinajstić information content (AvgIpc) is 3.31. The SMILES string of the molecule is CCCCCC(=O)C=C[C@H]1CCC2(OCCO2)[C@@H]1CCCCCCC(=O)OCC. The predicted octanol–water partition coefficient (Wildman–Crippen LogP) is 5.37. The zero-order chi connectivity index (χ0) is 21.0. The normalized spacial score (nSPS) is 23.2. The molecule has 2 rings (SSSR count). The maximum Gasteiger partial charge on any atom is 0.305 e. The molecule has 0 radical (unpaired) electrons. The summed E-state index contributed by atoms with van der Waals surface area (Å²) in [7, 11) is 0. The van der Waals surface area contributed by atoms with E-state index in [-0.39, 0.29) is 11.8 Å². The van der Waals surface area contributed by atoms with Gasteiger partial charge in [-0.3, -0.25) is 9.59 Å². The number of esters is 1. The van der Waals surface area contributed by atoms with Crippen LogP contribution in [0.3, 0.4) is 0 Å². The van der Waals surface area contributed by atoms with Gasteiger partial charge in [0.2, 0.25) is 0 Å². The number of hydrogen-bond acceptors (Lipinski definition) is 5. The molecule has 5 heteroatoms. The summed E-state index contributed by atoms with van der Waals surface area (Å²) < 4.78 is 17.1. The lowest BCUT2D eigenvalue weighted by atomic mass is 9.87. The second-order valence-corrected chi connectivity index (χ2v) is 8.36. The van der Waals surface area contributed by atoms with Crippen molar-refractivity contribution in [2.75, 3.05) is 19.8 Å². The summed E-state index contributed by atoms with van der Waals surface area (Å²) in [5.74, 6) is 0.372. The van der Waals surface area contributed by atoms with E-state index >= 15 is 0 Å². The molecule has 1 aliphatic carbocycles. The van der Waals surface area contributed by atoms with Crippen molar-refractivity contribution in [2.45, 2.75) is 96.7 Å². The first-order valence-corrected chi connectivity index (χ1v) is 11.8. The summed E-state index contributed by atoms with van der Waals surface area (Å²) in [4.78, 5) is 23.6. The second-order valence-electron chi connectivity index (χ2n) is 8.36. The molecule has 1 saturated carbocycles. The first-order chi connectivity index (χ1) is 14.1. The molecule has 1 saturated heterocycles. The number of carbonyl (C=O) groups excluding carboxylic acids is 2. The summed E-state index contributed by atoms with van der Waals surface area (Å²) >= 11 is 0. The highest BCUT2D eigenvalue weighted by Crippen LogP contribution is 2.48. The Bertz CT molecular complexity index is 521. The molecule has 1 heterocycles. The van der Waals surface area contributed by atoms with Crippen molar-refractivity contribution in [1.82, 2.24) is 0 Å². The maximum absolute atomic E-state index is 12.1. The summed E-state index contributed by atoms with van der Waals surface area (Å²) in [5.41, 5.74) is 0. The van der Waals surface area contributed by atoms with Gasteiger partial charge in [-0.15, -0.1) is 0 Å². The summed E-state index contributed by atoms with van der Waals surface area (Å²) in [6, 6.07) is 0. The van der Waals surface area contributed by atoms with Gasteiger partial charge in [0.15, 0.2) is 11.6 Å². The molecule has 2 aliphatic rings. The predicted molar refractivity (Wildman–Crippen MR) is 113 cm³/mol. The highest BCUT2D eigenvalue weighted by Gasteiger charge is 2.51. The maximum atomic E-state index is 12.1. The molecule has 0 N–H and O–H groups in total. The fourth-order valence-corrected chi connectivity index (χ4v) is 4.66. The van der Waals surface area contributed by atoms with E-state index in [1.54, 1.807) is 6.08 Å². The van der Waals surface area contributed by atoms with Crippen molar-refractivity contribution < 1.29 is 23.8 Å². The van der Waals surface area contributed by atoms with E-state index in [9.17, 15) is 9.59 Å². The molecule has 0 bridgehead atoms. The van der Waals surface area contributed by atoms with E-state index < -0.39 is 5.79 Å². The van der Waals surface area contributed by atoms with Crippen LogP contribution >= 0.6 is 0 Å². The molecule has 166 valence electrons. The number of unbranched alkanes of at least 4 members (excludes halogenated alkanes) is 5. The number of allylic oxidation sites excluding steroid dienone is 2. The van der Waals surface area contributed by atoms with E-state index in [4.69, 9.17) is 14.2 Å². The molecule has 5 nitrogen and oxygen atoms in total. The topological polar surface area (TPSA) is 61.8 Å². The van der Waals surface area contributed by atoms with E-state index in [1.807, 2.05) is 6.92 Å². The molecule has 2 fully saturated rings. The Hall–Kier alpha value is -1.20. The van der Waals surface area contributed by atoms with Crippen molar-refractivity contribution in [3.8, 4) is 0 Å². The highest BCUT2D eigenvalue weighted by molar-refractivity contribution is 5.89. The molecule has 1 spiro atoms. The van der Waals surface area contributed by atoms with Crippen molar-refractivity contribution >= 4 is 11.8 Å². The quantitative estimate of drug-likeness (QED) is 0.220.